The predicted molar refractivity (Wildman–Crippen MR) is 150 cm³/mol. The van der Waals surface area contributed by atoms with Crippen molar-refractivity contribution >= 4 is 11.9 Å². The molecule has 0 spiro atoms. The summed E-state index contributed by atoms with van der Waals surface area (Å²) in [7, 11) is 0. The van der Waals surface area contributed by atoms with Crippen molar-refractivity contribution in [3.63, 3.8) is 0 Å². The quantitative estimate of drug-likeness (QED) is 0.0982. The van der Waals surface area contributed by atoms with Crippen molar-refractivity contribution < 1.29 is 49.0 Å². The highest BCUT2D eigenvalue weighted by Gasteiger charge is 2.44. The Bertz CT molecular complexity index is 644. The molecule has 0 amide bonds. The van der Waals surface area contributed by atoms with Gasteiger partial charge in [0.1, 0.15) is 31.0 Å². The van der Waals surface area contributed by atoms with Gasteiger partial charge in [-0.2, -0.15) is 0 Å². The molecule has 236 valence electrons. The van der Waals surface area contributed by atoms with Crippen molar-refractivity contribution in [1.29, 1.82) is 0 Å². The van der Waals surface area contributed by atoms with Crippen LogP contribution in [0.2, 0.25) is 0 Å². The molecule has 0 radical (unpaired) electrons. The molecule has 0 aliphatic carbocycles. The van der Waals surface area contributed by atoms with Gasteiger partial charge < -0.3 is 39.4 Å². The summed E-state index contributed by atoms with van der Waals surface area (Å²) in [6.45, 7) is 3.27. The van der Waals surface area contributed by atoms with Gasteiger partial charge in [-0.15, -0.1) is 0 Å². The second-order valence-electron chi connectivity index (χ2n) is 10.9. The lowest BCUT2D eigenvalue weighted by molar-refractivity contribution is -0.305. The number of aliphatic hydroxyl groups excluding tert-OH is 4. The topological polar surface area (TPSA) is 152 Å². The van der Waals surface area contributed by atoms with Crippen LogP contribution in [0.25, 0.3) is 0 Å². The summed E-state index contributed by atoms with van der Waals surface area (Å²) in [6, 6.07) is 0. The second kappa shape index (κ2) is 23.3. The number of hydrogen-bond acceptors (Lipinski definition) is 10. The van der Waals surface area contributed by atoms with E-state index in [0.29, 0.717) is 6.42 Å². The lowest BCUT2D eigenvalue weighted by atomic mass is 9.99. The highest BCUT2D eigenvalue weighted by molar-refractivity contribution is 5.70. The molecule has 10 nitrogen and oxygen atoms in total. The van der Waals surface area contributed by atoms with E-state index in [0.717, 1.165) is 51.4 Å². The van der Waals surface area contributed by atoms with Gasteiger partial charge in [0.05, 0.1) is 13.2 Å². The van der Waals surface area contributed by atoms with Crippen molar-refractivity contribution in [2.24, 2.45) is 0 Å². The summed E-state index contributed by atoms with van der Waals surface area (Å²) < 4.78 is 21.8. The molecule has 1 heterocycles. The fourth-order valence-electron chi connectivity index (χ4n) is 4.66. The number of esters is 2. The Hall–Kier alpha value is -1.30. The third-order valence-electron chi connectivity index (χ3n) is 7.24. The first-order valence-electron chi connectivity index (χ1n) is 15.6. The minimum atomic E-state index is -1.58. The number of ether oxygens (including phenoxy) is 4. The highest BCUT2D eigenvalue weighted by Crippen LogP contribution is 2.22. The largest absolute Gasteiger partial charge is 0.462 e. The van der Waals surface area contributed by atoms with E-state index in [1.54, 1.807) is 0 Å². The Morgan fingerprint density at radius 3 is 1.70 bits per heavy atom. The standard InChI is InChI=1S/C30H56O10/c1-3-5-7-9-10-11-12-13-15-17-19-26(33)39-23(21-37-25(32)18-16-14-8-6-4-2)22-38-30-29(36)28(35)27(34)24(20-31)40-30/h23-24,27-31,34-36H,3-22H2,1-2H3/t23-,24-,27+,28+,29-,30-/m1/s1. The normalized spacial score (nSPS) is 23.6. The molecule has 0 aromatic rings. The van der Waals surface area contributed by atoms with Gasteiger partial charge in [0.25, 0.3) is 0 Å². The van der Waals surface area contributed by atoms with Crippen LogP contribution in [0, 0.1) is 0 Å². The molecule has 1 aliphatic rings. The Morgan fingerprint density at radius 1 is 0.675 bits per heavy atom. The molecule has 10 heteroatoms. The number of aliphatic hydroxyl groups is 4. The summed E-state index contributed by atoms with van der Waals surface area (Å²) >= 11 is 0. The first-order chi connectivity index (χ1) is 19.3. The molecule has 4 N–H and O–H groups in total. The van der Waals surface area contributed by atoms with E-state index in [-0.39, 0.29) is 32.0 Å². The number of carbonyl (C=O) groups is 2. The average molecular weight is 577 g/mol. The first kappa shape index (κ1) is 36.7. The van der Waals surface area contributed by atoms with E-state index in [9.17, 15) is 30.0 Å². The molecule has 40 heavy (non-hydrogen) atoms. The zero-order chi connectivity index (χ0) is 29.6. The number of carbonyl (C=O) groups excluding carboxylic acids is 2. The molecular weight excluding hydrogens is 520 g/mol. The molecule has 1 aliphatic heterocycles. The molecule has 1 fully saturated rings. The van der Waals surface area contributed by atoms with Crippen LogP contribution in [0.3, 0.4) is 0 Å². The lowest BCUT2D eigenvalue weighted by Gasteiger charge is -2.39. The molecular formula is C30H56O10. The minimum Gasteiger partial charge on any atom is -0.462 e. The van der Waals surface area contributed by atoms with Gasteiger partial charge >= 0.3 is 11.9 Å². The summed E-state index contributed by atoms with van der Waals surface area (Å²) in [5.41, 5.74) is 0. The van der Waals surface area contributed by atoms with Crippen LogP contribution in [0.4, 0.5) is 0 Å². The van der Waals surface area contributed by atoms with Gasteiger partial charge in [-0.05, 0) is 12.8 Å². The van der Waals surface area contributed by atoms with Gasteiger partial charge in [-0.1, -0.05) is 97.3 Å². The van der Waals surface area contributed by atoms with Crippen LogP contribution < -0.4 is 0 Å². The smallest absolute Gasteiger partial charge is 0.306 e. The molecule has 1 rings (SSSR count). The zero-order valence-corrected chi connectivity index (χ0v) is 24.8. The van der Waals surface area contributed by atoms with E-state index in [1.807, 2.05) is 0 Å². The highest BCUT2D eigenvalue weighted by atomic mass is 16.7. The van der Waals surface area contributed by atoms with Crippen LogP contribution >= 0.6 is 0 Å². The van der Waals surface area contributed by atoms with Crippen LogP contribution in [-0.4, -0.2) is 89.0 Å². The van der Waals surface area contributed by atoms with E-state index in [2.05, 4.69) is 13.8 Å². The van der Waals surface area contributed by atoms with Crippen molar-refractivity contribution in [3.8, 4) is 0 Å². The molecule has 0 saturated carbocycles. The third-order valence-corrected chi connectivity index (χ3v) is 7.24. The molecule has 6 atom stereocenters. The maximum absolute atomic E-state index is 12.5. The van der Waals surface area contributed by atoms with E-state index in [4.69, 9.17) is 18.9 Å². The molecule has 0 bridgehead atoms. The van der Waals surface area contributed by atoms with Gasteiger partial charge in [0.15, 0.2) is 12.4 Å². The minimum absolute atomic E-state index is 0.213. The Labute approximate surface area is 240 Å². The van der Waals surface area contributed by atoms with Crippen molar-refractivity contribution in [2.75, 3.05) is 19.8 Å². The van der Waals surface area contributed by atoms with Crippen LogP contribution in [0.5, 0.6) is 0 Å². The first-order valence-corrected chi connectivity index (χ1v) is 15.6. The number of hydrogen-bond donors (Lipinski definition) is 4. The van der Waals surface area contributed by atoms with Crippen LogP contribution in [0.1, 0.15) is 123 Å². The van der Waals surface area contributed by atoms with Gasteiger partial charge in [-0.25, -0.2) is 0 Å². The monoisotopic (exact) mass is 576 g/mol. The lowest BCUT2D eigenvalue weighted by Crippen LogP contribution is -2.59. The average Bonchev–Trinajstić information content (AvgIpc) is 2.95. The zero-order valence-electron chi connectivity index (χ0n) is 24.8. The van der Waals surface area contributed by atoms with Crippen LogP contribution in [-0.2, 0) is 28.5 Å². The van der Waals surface area contributed by atoms with Crippen LogP contribution in [0.15, 0.2) is 0 Å². The summed E-state index contributed by atoms with van der Waals surface area (Å²) in [6.07, 6.45) is 8.87. The Morgan fingerprint density at radius 2 is 1.18 bits per heavy atom. The fourth-order valence-corrected chi connectivity index (χ4v) is 4.66. The summed E-state index contributed by atoms with van der Waals surface area (Å²) in [5.74, 6) is -0.822. The van der Waals surface area contributed by atoms with Gasteiger partial charge in [0, 0.05) is 12.8 Å². The van der Waals surface area contributed by atoms with Crippen molar-refractivity contribution in [1.82, 2.24) is 0 Å². The summed E-state index contributed by atoms with van der Waals surface area (Å²) in [5, 5.41) is 39.5. The second-order valence-corrected chi connectivity index (χ2v) is 10.9. The molecule has 0 aromatic heterocycles. The predicted octanol–water partition coefficient (Wildman–Crippen LogP) is 3.93. The van der Waals surface area contributed by atoms with Gasteiger partial charge in [0.2, 0.25) is 0 Å². The maximum Gasteiger partial charge on any atom is 0.306 e. The maximum atomic E-state index is 12.5. The van der Waals surface area contributed by atoms with E-state index in [1.165, 1.54) is 38.5 Å². The Kier molecular flexibility index (Phi) is 21.4. The molecule has 0 unspecified atom stereocenters. The summed E-state index contributed by atoms with van der Waals surface area (Å²) in [4.78, 5) is 24.7. The van der Waals surface area contributed by atoms with E-state index < -0.39 is 49.4 Å². The SMILES string of the molecule is CCCCCCCCCCCCC(=O)O[C@H](COC(=O)CCCCCCC)CO[C@@H]1O[C@H](CO)[C@H](O)[C@H](O)[C@H]1O. The number of rotatable bonds is 24. The fraction of sp³-hybridized carbons (Fsp3) is 0.933. The van der Waals surface area contributed by atoms with Crippen molar-refractivity contribution in [2.45, 2.75) is 160 Å². The number of unbranched alkanes of at least 4 members (excludes halogenated alkanes) is 13. The third kappa shape index (κ3) is 16.2. The van der Waals surface area contributed by atoms with E-state index >= 15 is 0 Å². The van der Waals surface area contributed by atoms with Crippen molar-refractivity contribution in [3.05, 3.63) is 0 Å². The van der Waals surface area contributed by atoms with Gasteiger partial charge in [-0.3, -0.25) is 9.59 Å². The molecule has 0 aromatic carbocycles. The Balaban J connectivity index is 2.48. The molecule has 1 saturated heterocycles.